The second-order valence-corrected chi connectivity index (χ2v) is 4.83. The van der Waals surface area contributed by atoms with Crippen LogP contribution < -0.4 is 19.9 Å². The molecule has 0 radical (unpaired) electrons. The zero-order chi connectivity index (χ0) is 17.5. The largest absolute Gasteiger partial charge is 0.494 e. The summed E-state index contributed by atoms with van der Waals surface area (Å²) < 4.78 is 16.3. The first-order chi connectivity index (χ1) is 11.6. The van der Waals surface area contributed by atoms with E-state index in [4.69, 9.17) is 36.7 Å². The van der Waals surface area contributed by atoms with Crippen LogP contribution in [0.4, 0.5) is 0 Å². The minimum Gasteiger partial charge on any atom is -0.494 e. The van der Waals surface area contributed by atoms with Crippen molar-refractivity contribution in [3.63, 3.8) is 0 Å². The van der Waals surface area contributed by atoms with Gasteiger partial charge >= 0.3 is 0 Å². The fourth-order valence-corrected chi connectivity index (χ4v) is 1.95. The molecule has 0 spiro atoms. The highest BCUT2D eigenvalue weighted by atomic mass is 35.5. The lowest BCUT2D eigenvalue weighted by molar-refractivity contribution is 0.0991. The van der Waals surface area contributed by atoms with Gasteiger partial charge in [0.15, 0.2) is 5.69 Å². The lowest BCUT2D eigenvalue weighted by atomic mass is 10.3. The van der Waals surface area contributed by atoms with Crippen LogP contribution in [0.15, 0.2) is 24.5 Å². The Morgan fingerprint density at radius 2 is 2.12 bits per heavy atom. The van der Waals surface area contributed by atoms with Gasteiger partial charge in [-0.2, -0.15) is 4.98 Å². The summed E-state index contributed by atoms with van der Waals surface area (Å²) in [5.41, 5.74) is 5.14. The van der Waals surface area contributed by atoms with Gasteiger partial charge < -0.3 is 25.1 Å². The Morgan fingerprint density at radius 1 is 1.33 bits per heavy atom. The number of carbonyl (C=O) groups excluding carboxylic acids is 1. The van der Waals surface area contributed by atoms with Crippen LogP contribution in [0.5, 0.6) is 23.1 Å². The summed E-state index contributed by atoms with van der Waals surface area (Å²) in [7, 11) is 0. The van der Waals surface area contributed by atoms with Crippen molar-refractivity contribution in [2.24, 2.45) is 5.73 Å². The molecule has 1 amide bonds. The van der Waals surface area contributed by atoms with Crippen LogP contribution in [0.2, 0.25) is 5.02 Å². The van der Waals surface area contributed by atoms with E-state index < -0.39 is 5.91 Å². The number of aliphatic hydroxyl groups is 1. The summed E-state index contributed by atoms with van der Waals surface area (Å²) in [5, 5.41) is 9.17. The van der Waals surface area contributed by atoms with E-state index in [9.17, 15) is 4.79 Å². The van der Waals surface area contributed by atoms with Gasteiger partial charge in [0.1, 0.15) is 24.4 Å². The van der Waals surface area contributed by atoms with Crippen molar-refractivity contribution >= 4 is 17.5 Å². The van der Waals surface area contributed by atoms with Gasteiger partial charge in [-0.15, -0.1) is 0 Å². The summed E-state index contributed by atoms with van der Waals surface area (Å²) in [6.45, 7) is 2.02. The molecule has 0 fully saturated rings. The van der Waals surface area contributed by atoms with Gasteiger partial charge in [0, 0.05) is 6.07 Å². The van der Waals surface area contributed by atoms with Gasteiger partial charge in [0.2, 0.25) is 5.75 Å². The number of nitrogens with zero attached hydrogens (tertiary/aromatic N) is 2. The van der Waals surface area contributed by atoms with Crippen molar-refractivity contribution in [1.29, 1.82) is 0 Å². The standard InChI is InChI=1S/C15H16ClN3O5/c1-2-22-9-3-4-10(16)11(7-9)24-13-12(14(17)21)18-8-19-15(13)23-6-5-20/h3-4,7-8,20H,2,5-6H2,1H3,(H2,17,21). The monoisotopic (exact) mass is 353 g/mol. The van der Waals surface area contributed by atoms with Gasteiger partial charge in [-0.05, 0) is 19.1 Å². The number of aromatic nitrogens is 2. The number of carbonyl (C=O) groups is 1. The number of rotatable bonds is 8. The predicted molar refractivity (Wildman–Crippen MR) is 85.8 cm³/mol. The highest BCUT2D eigenvalue weighted by molar-refractivity contribution is 6.32. The summed E-state index contributed by atoms with van der Waals surface area (Å²) >= 11 is 6.12. The Kier molecular flexibility index (Phi) is 6.16. The van der Waals surface area contributed by atoms with Crippen LogP contribution in [-0.4, -0.2) is 40.8 Å². The first-order valence-corrected chi connectivity index (χ1v) is 7.43. The SMILES string of the molecule is CCOc1ccc(Cl)c(Oc2c(OCCO)ncnc2C(N)=O)c1. The normalized spacial score (nSPS) is 10.3. The Bertz CT molecular complexity index is 726. The third kappa shape index (κ3) is 4.24. The summed E-state index contributed by atoms with van der Waals surface area (Å²) in [6, 6.07) is 4.82. The molecule has 24 heavy (non-hydrogen) atoms. The van der Waals surface area contributed by atoms with E-state index in [2.05, 4.69) is 9.97 Å². The molecule has 1 aromatic carbocycles. The molecule has 9 heteroatoms. The highest BCUT2D eigenvalue weighted by Crippen LogP contribution is 2.37. The summed E-state index contributed by atoms with van der Waals surface area (Å²) in [6.07, 6.45) is 1.11. The molecule has 0 unspecified atom stereocenters. The predicted octanol–water partition coefficient (Wildman–Crippen LogP) is 1.79. The number of ether oxygens (including phenoxy) is 3. The lowest BCUT2D eigenvalue weighted by Gasteiger charge is -2.14. The molecule has 0 bridgehead atoms. The fourth-order valence-electron chi connectivity index (χ4n) is 1.80. The number of nitrogens with two attached hydrogens (primary N) is 1. The van der Waals surface area contributed by atoms with Crippen LogP contribution in [-0.2, 0) is 0 Å². The number of hydrogen-bond acceptors (Lipinski definition) is 7. The molecule has 2 rings (SSSR count). The second kappa shape index (κ2) is 8.32. The Hall–Kier alpha value is -2.58. The Balaban J connectivity index is 2.43. The van der Waals surface area contributed by atoms with E-state index in [0.717, 1.165) is 6.33 Å². The molecule has 2 aromatic rings. The molecule has 3 N–H and O–H groups in total. The van der Waals surface area contributed by atoms with Gasteiger partial charge in [-0.1, -0.05) is 11.6 Å². The highest BCUT2D eigenvalue weighted by Gasteiger charge is 2.21. The van der Waals surface area contributed by atoms with E-state index in [1.54, 1.807) is 18.2 Å². The second-order valence-electron chi connectivity index (χ2n) is 4.42. The first kappa shape index (κ1) is 17.8. The molecule has 0 saturated carbocycles. The van der Waals surface area contributed by atoms with Crippen LogP contribution in [0.25, 0.3) is 0 Å². The third-order valence-corrected chi connectivity index (χ3v) is 3.07. The van der Waals surface area contributed by atoms with Crippen molar-refractivity contribution in [3.8, 4) is 23.1 Å². The van der Waals surface area contributed by atoms with Crippen LogP contribution in [0, 0.1) is 0 Å². The third-order valence-electron chi connectivity index (χ3n) is 2.76. The average molecular weight is 354 g/mol. The molecular formula is C15H16ClN3O5. The molecule has 1 heterocycles. The zero-order valence-corrected chi connectivity index (χ0v) is 13.6. The van der Waals surface area contributed by atoms with Crippen molar-refractivity contribution < 1.29 is 24.1 Å². The Morgan fingerprint density at radius 3 is 2.79 bits per heavy atom. The van der Waals surface area contributed by atoms with Crippen LogP contribution >= 0.6 is 11.6 Å². The van der Waals surface area contributed by atoms with Crippen molar-refractivity contribution in [2.45, 2.75) is 6.92 Å². The Labute approximate surface area is 143 Å². The molecule has 0 aliphatic rings. The average Bonchev–Trinajstić information content (AvgIpc) is 2.56. The molecule has 0 aliphatic carbocycles. The quantitative estimate of drug-likeness (QED) is 0.742. The van der Waals surface area contributed by atoms with Crippen molar-refractivity contribution in [1.82, 2.24) is 9.97 Å². The van der Waals surface area contributed by atoms with Crippen LogP contribution in [0.3, 0.4) is 0 Å². The van der Waals surface area contributed by atoms with E-state index in [1.165, 1.54) is 0 Å². The number of aliphatic hydroxyl groups excluding tert-OH is 1. The number of primary amides is 1. The fraction of sp³-hybridized carbons (Fsp3) is 0.267. The molecule has 0 saturated heterocycles. The zero-order valence-electron chi connectivity index (χ0n) is 12.9. The van der Waals surface area contributed by atoms with E-state index in [0.29, 0.717) is 12.4 Å². The maximum Gasteiger partial charge on any atom is 0.271 e. The number of amides is 1. The first-order valence-electron chi connectivity index (χ1n) is 7.05. The topological polar surface area (TPSA) is 117 Å². The van der Waals surface area contributed by atoms with Crippen LogP contribution in [0.1, 0.15) is 17.4 Å². The minimum absolute atomic E-state index is 0.0364. The minimum atomic E-state index is -0.821. The molecular weight excluding hydrogens is 338 g/mol. The lowest BCUT2D eigenvalue weighted by Crippen LogP contribution is -2.16. The molecule has 128 valence electrons. The number of halogens is 1. The summed E-state index contributed by atoms with van der Waals surface area (Å²) in [5.74, 6) is -0.195. The van der Waals surface area contributed by atoms with Gasteiger partial charge in [0.25, 0.3) is 11.8 Å². The van der Waals surface area contributed by atoms with E-state index in [-0.39, 0.29) is 41.3 Å². The van der Waals surface area contributed by atoms with E-state index >= 15 is 0 Å². The van der Waals surface area contributed by atoms with Crippen molar-refractivity contribution in [3.05, 3.63) is 35.2 Å². The molecule has 0 atom stereocenters. The summed E-state index contributed by atoms with van der Waals surface area (Å²) in [4.78, 5) is 19.3. The molecule has 0 aliphatic heterocycles. The van der Waals surface area contributed by atoms with Crippen molar-refractivity contribution in [2.75, 3.05) is 19.8 Å². The number of benzene rings is 1. The van der Waals surface area contributed by atoms with Gasteiger partial charge in [-0.3, -0.25) is 4.79 Å². The van der Waals surface area contributed by atoms with E-state index in [1.807, 2.05) is 6.92 Å². The molecule has 1 aromatic heterocycles. The maximum absolute atomic E-state index is 11.6. The maximum atomic E-state index is 11.6. The van der Waals surface area contributed by atoms with Gasteiger partial charge in [-0.25, -0.2) is 4.98 Å². The molecule has 8 nitrogen and oxygen atoms in total. The number of hydrogen-bond donors (Lipinski definition) is 2. The smallest absolute Gasteiger partial charge is 0.271 e. The van der Waals surface area contributed by atoms with Gasteiger partial charge in [0.05, 0.1) is 18.2 Å².